The maximum Gasteiger partial charge on any atom is 0.125 e. The summed E-state index contributed by atoms with van der Waals surface area (Å²) in [7, 11) is 1.71. The van der Waals surface area contributed by atoms with E-state index in [9.17, 15) is 0 Å². The molecule has 0 saturated heterocycles. The van der Waals surface area contributed by atoms with Crippen LogP contribution in [0.3, 0.4) is 0 Å². The summed E-state index contributed by atoms with van der Waals surface area (Å²) in [6, 6.07) is 0.459. The molecule has 0 aliphatic heterocycles. The fourth-order valence-electron chi connectivity index (χ4n) is 1.93. The van der Waals surface area contributed by atoms with Crippen LogP contribution in [0.5, 0.6) is 0 Å². The van der Waals surface area contributed by atoms with E-state index in [-0.39, 0.29) is 5.60 Å². The van der Waals surface area contributed by atoms with E-state index in [2.05, 4.69) is 33.0 Å². The van der Waals surface area contributed by atoms with Crippen molar-refractivity contribution in [3.05, 3.63) is 15.6 Å². The van der Waals surface area contributed by atoms with Crippen molar-refractivity contribution in [3.63, 3.8) is 0 Å². The van der Waals surface area contributed by atoms with Crippen molar-refractivity contribution in [2.45, 2.75) is 65.8 Å². The molecule has 1 heterocycles. The number of methoxy groups -OCH3 is 1. The number of nitrogens with one attached hydrogen (secondary N) is 1. The van der Waals surface area contributed by atoms with E-state index >= 15 is 0 Å². The smallest absolute Gasteiger partial charge is 0.125 e. The minimum absolute atomic E-state index is 0.294. The number of thiazole rings is 1. The molecule has 0 saturated carbocycles. The molecule has 0 radical (unpaired) electrons. The zero-order chi connectivity index (χ0) is 15.2. The summed E-state index contributed by atoms with van der Waals surface area (Å²) in [6.45, 7) is 12.7. The normalized spacial score (nSPS) is 14.8. The van der Waals surface area contributed by atoms with Crippen LogP contribution in [0.25, 0.3) is 0 Å². The van der Waals surface area contributed by atoms with Crippen LogP contribution in [-0.2, 0) is 28.2 Å². The SMILES string of the molecule is CCOC(C)(CC)c1nc(COC)c(CNC(C)C)s1. The molecular weight excluding hydrogens is 272 g/mol. The number of hydrogen-bond acceptors (Lipinski definition) is 5. The minimum atomic E-state index is -0.294. The van der Waals surface area contributed by atoms with Crippen LogP contribution in [0.4, 0.5) is 0 Å². The number of ether oxygens (including phenoxy) is 2. The average Bonchev–Trinajstić information content (AvgIpc) is 2.81. The molecule has 116 valence electrons. The molecule has 0 aliphatic rings. The van der Waals surface area contributed by atoms with Gasteiger partial charge in [0.2, 0.25) is 0 Å². The van der Waals surface area contributed by atoms with Crippen molar-refractivity contribution >= 4 is 11.3 Å². The maximum atomic E-state index is 5.92. The van der Waals surface area contributed by atoms with Gasteiger partial charge in [-0.3, -0.25) is 0 Å². The summed E-state index contributed by atoms with van der Waals surface area (Å²) < 4.78 is 11.2. The zero-order valence-corrected chi connectivity index (χ0v) is 14.4. The van der Waals surface area contributed by atoms with Gasteiger partial charge in [0.1, 0.15) is 10.6 Å². The number of rotatable bonds is 9. The first-order valence-corrected chi connectivity index (χ1v) is 8.13. The van der Waals surface area contributed by atoms with Gasteiger partial charge in [0.25, 0.3) is 0 Å². The Morgan fingerprint density at radius 2 is 2.05 bits per heavy atom. The lowest BCUT2D eigenvalue weighted by Gasteiger charge is -2.25. The van der Waals surface area contributed by atoms with E-state index in [0.29, 0.717) is 19.3 Å². The van der Waals surface area contributed by atoms with Crippen LogP contribution in [0.1, 0.15) is 56.6 Å². The van der Waals surface area contributed by atoms with Crippen molar-refractivity contribution in [3.8, 4) is 0 Å². The Balaban J connectivity index is 3.00. The highest BCUT2D eigenvalue weighted by Crippen LogP contribution is 2.34. The van der Waals surface area contributed by atoms with Crippen LogP contribution < -0.4 is 5.32 Å². The summed E-state index contributed by atoms with van der Waals surface area (Å²) in [5, 5.41) is 4.50. The predicted octanol–water partition coefficient (Wildman–Crippen LogP) is 3.45. The van der Waals surface area contributed by atoms with Gasteiger partial charge in [0, 0.05) is 31.2 Å². The molecule has 0 aromatic carbocycles. The Kier molecular flexibility index (Phi) is 7.09. The fourth-order valence-corrected chi connectivity index (χ4v) is 3.11. The highest BCUT2D eigenvalue weighted by molar-refractivity contribution is 7.11. The molecule has 5 heteroatoms. The first kappa shape index (κ1) is 17.6. The Morgan fingerprint density at radius 1 is 1.35 bits per heavy atom. The average molecular weight is 300 g/mol. The topological polar surface area (TPSA) is 43.4 Å². The second-order valence-corrected chi connectivity index (χ2v) is 6.46. The third-order valence-corrected chi connectivity index (χ3v) is 4.66. The van der Waals surface area contributed by atoms with Crippen LogP contribution >= 0.6 is 11.3 Å². The summed E-state index contributed by atoms with van der Waals surface area (Å²) in [4.78, 5) is 6.01. The van der Waals surface area contributed by atoms with Gasteiger partial charge in [-0.05, 0) is 20.3 Å². The standard InChI is InChI=1S/C15H28N2O2S/c1-7-15(5,19-8-2)14-17-12(10-18-6)13(20-14)9-16-11(3)4/h11,16H,7-10H2,1-6H3. The Bertz CT molecular complexity index is 407. The van der Waals surface area contributed by atoms with Gasteiger partial charge in [-0.1, -0.05) is 20.8 Å². The number of nitrogens with zero attached hydrogens (tertiary/aromatic N) is 1. The van der Waals surface area contributed by atoms with Crippen molar-refractivity contribution in [1.82, 2.24) is 10.3 Å². The molecule has 0 bridgehead atoms. The van der Waals surface area contributed by atoms with E-state index in [1.165, 1.54) is 4.88 Å². The van der Waals surface area contributed by atoms with E-state index in [1.54, 1.807) is 18.4 Å². The molecule has 20 heavy (non-hydrogen) atoms. The molecule has 0 spiro atoms. The van der Waals surface area contributed by atoms with Gasteiger partial charge < -0.3 is 14.8 Å². The molecule has 1 rings (SSSR count). The van der Waals surface area contributed by atoms with Crippen LogP contribution in [0.15, 0.2) is 0 Å². The summed E-state index contributed by atoms with van der Waals surface area (Å²) in [5.74, 6) is 0. The number of aromatic nitrogens is 1. The maximum absolute atomic E-state index is 5.92. The van der Waals surface area contributed by atoms with Gasteiger partial charge in [0.05, 0.1) is 12.3 Å². The van der Waals surface area contributed by atoms with Gasteiger partial charge >= 0.3 is 0 Å². The van der Waals surface area contributed by atoms with E-state index in [0.717, 1.165) is 23.7 Å². The second kappa shape index (κ2) is 8.08. The molecule has 0 amide bonds. The molecule has 1 aromatic rings. The summed E-state index contributed by atoms with van der Waals surface area (Å²) in [6.07, 6.45) is 0.915. The van der Waals surface area contributed by atoms with Crippen molar-refractivity contribution in [1.29, 1.82) is 0 Å². The van der Waals surface area contributed by atoms with Gasteiger partial charge in [-0.2, -0.15) is 0 Å². The van der Waals surface area contributed by atoms with E-state index in [4.69, 9.17) is 14.5 Å². The first-order chi connectivity index (χ1) is 9.46. The second-order valence-electron chi connectivity index (χ2n) is 5.37. The molecular formula is C15H28N2O2S. The Hall–Kier alpha value is -0.490. The highest BCUT2D eigenvalue weighted by atomic mass is 32.1. The molecule has 4 nitrogen and oxygen atoms in total. The van der Waals surface area contributed by atoms with Gasteiger partial charge in [-0.15, -0.1) is 11.3 Å². The third-order valence-electron chi connectivity index (χ3n) is 3.32. The molecule has 1 unspecified atom stereocenters. The van der Waals surface area contributed by atoms with Crippen molar-refractivity contribution < 1.29 is 9.47 Å². The van der Waals surface area contributed by atoms with Gasteiger partial charge in [0.15, 0.2) is 0 Å². The van der Waals surface area contributed by atoms with Crippen molar-refractivity contribution in [2.24, 2.45) is 0 Å². The largest absolute Gasteiger partial charge is 0.378 e. The van der Waals surface area contributed by atoms with Crippen LogP contribution in [-0.4, -0.2) is 24.7 Å². The van der Waals surface area contributed by atoms with Crippen LogP contribution in [0, 0.1) is 0 Å². The zero-order valence-electron chi connectivity index (χ0n) is 13.6. The summed E-state index contributed by atoms with van der Waals surface area (Å²) in [5.41, 5.74) is 0.734. The monoisotopic (exact) mass is 300 g/mol. The predicted molar refractivity (Wildman–Crippen MR) is 84.1 cm³/mol. The lowest BCUT2D eigenvalue weighted by Crippen LogP contribution is -2.24. The lowest BCUT2D eigenvalue weighted by molar-refractivity contribution is -0.0326. The molecule has 1 N–H and O–H groups in total. The Morgan fingerprint density at radius 3 is 2.55 bits per heavy atom. The number of hydrogen-bond donors (Lipinski definition) is 1. The first-order valence-electron chi connectivity index (χ1n) is 7.32. The third kappa shape index (κ3) is 4.52. The lowest BCUT2D eigenvalue weighted by atomic mass is 10.0. The highest BCUT2D eigenvalue weighted by Gasteiger charge is 2.30. The van der Waals surface area contributed by atoms with E-state index < -0.39 is 0 Å². The molecule has 0 fully saturated rings. The Labute approximate surface area is 126 Å². The van der Waals surface area contributed by atoms with E-state index in [1.807, 2.05) is 6.92 Å². The minimum Gasteiger partial charge on any atom is -0.378 e. The van der Waals surface area contributed by atoms with Crippen LogP contribution in [0.2, 0.25) is 0 Å². The summed E-state index contributed by atoms with van der Waals surface area (Å²) >= 11 is 1.73. The fraction of sp³-hybridized carbons (Fsp3) is 0.800. The molecule has 0 aliphatic carbocycles. The molecule has 1 aromatic heterocycles. The van der Waals surface area contributed by atoms with Gasteiger partial charge in [-0.25, -0.2) is 4.98 Å². The van der Waals surface area contributed by atoms with Crippen molar-refractivity contribution in [2.75, 3.05) is 13.7 Å². The quantitative estimate of drug-likeness (QED) is 0.758. The molecule has 1 atom stereocenters.